The van der Waals surface area contributed by atoms with Gasteiger partial charge >= 0.3 is 11.9 Å². The van der Waals surface area contributed by atoms with Crippen LogP contribution in [0.5, 0.6) is 0 Å². The molecule has 0 aliphatic carbocycles. The molecule has 0 N–H and O–H groups in total. The topological polar surface area (TPSA) is 71.1 Å². The van der Waals surface area contributed by atoms with Crippen LogP contribution in [0.3, 0.4) is 0 Å². The van der Waals surface area contributed by atoms with Gasteiger partial charge in [0.2, 0.25) is 0 Å². The van der Waals surface area contributed by atoms with E-state index in [2.05, 4.69) is 9.47 Å². The molecule has 0 aromatic carbocycles. The van der Waals surface area contributed by atoms with Crippen LogP contribution in [0.25, 0.3) is 0 Å². The minimum Gasteiger partial charge on any atom is -0.467 e. The second kappa shape index (κ2) is 12.3. The number of ether oxygens (including phenoxy) is 4. The SMILES string of the molecule is COC(=O)C(C)OC.COC(C)CCOC(C)=O. The number of carbonyl (C=O) groups excluding carboxylic acids is 2. The maximum Gasteiger partial charge on any atom is 0.334 e. The molecule has 0 rings (SSSR count). The Morgan fingerprint density at radius 3 is 1.89 bits per heavy atom. The fraction of sp³-hybridized carbons (Fsp3) is 0.833. The molecule has 0 spiro atoms. The van der Waals surface area contributed by atoms with Crippen LogP contribution < -0.4 is 0 Å². The van der Waals surface area contributed by atoms with E-state index in [0.29, 0.717) is 6.61 Å². The van der Waals surface area contributed by atoms with Crippen LogP contribution in [0.1, 0.15) is 27.2 Å². The third kappa shape index (κ3) is 12.9. The van der Waals surface area contributed by atoms with E-state index in [9.17, 15) is 9.59 Å². The number of hydrogen-bond donors (Lipinski definition) is 0. The summed E-state index contributed by atoms with van der Waals surface area (Å²) in [5.74, 6) is -0.573. The standard InChI is InChI=1S/C7H14O3.C5H10O3/c1-6(9-3)4-5-10-7(2)8;1-4(7-2)5(6)8-3/h6H,4-5H2,1-3H3;4H,1-3H3. The Hall–Kier alpha value is -1.14. The van der Waals surface area contributed by atoms with Crippen molar-refractivity contribution in [3.8, 4) is 0 Å². The largest absolute Gasteiger partial charge is 0.467 e. The van der Waals surface area contributed by atoms with Crippen molar-refractivity contribution in [2.24, 2.45) is 0 Å². The lowest BCUT2D eigenvalue weighted by molar-refractivity contribution is -0.151. The normalized spacial score (nSPS) is 12.8. The summed E-state index contributed by atoms with van der Waals surface area (Å²) in [5, 5.41) is 0. The fourth-order valence-corrected chi connectivity index (χ4v) is 0.749. The molecule has 2 atom stereocenters. The van der Waals surface area contributed by atoms with Gasteiger partial charge in [0.1, 0.15) is 0 Å². The van der Waals surface area contributed by atoms with Gasteiger partial charge in [-0.2, -0.15) is 0 Å². The van der Waals surface area contributed by atoms with Crippen LogP contribution in [0, 0.1) is 0 Å². The van der Waals surface area contributed by atoms with Crippen molar-refractivity contribution in [1.82, 2.24) is 0 Å². The summed E-state index contributed by atoms with van der Waals surface area (Å²) < 4.78 is 18.6. The van der Waals surface area contributed by atoms with Gasteiger partial charge in [-0.15, -0.1) is 0 Å². The molecule has 2 unspecified atom stereocenters. The van der Waals surface area contributed by atoms with Crippen molar-refractivity contribution in [3.63, 3.8) is 0 Å². The van der Waals surface area contributed by atoms with E-state index in [1.165, 1.54) is 21.1 Å². The number of esters is 2. The van der Waals surface area contributed by atoms with E-state index in [4.69, 9.17) is 9.47 Å². The van der Waals surface area contributed by atoms with Gasteiger partial charge in [-0.3, -0.25) is 4.79 Å². The zero-order valence-electron chi connectivity index (χ0n) is 12.0. The first-order valence-electron chi connectivity index (χ1n) is 5.65. The van der Waals surface area contributed by atoms with Crippen molar-refractivity contribution >= 4 is 11.9 Å². The molecule has 6 heteroatoms. The fourth-order valence-electron chi connectivity index (χ4n) is 0.749. The van der Waals surface area contributed by atoms with E-state index in [-0.39, 0.29) is 18.0 Å². The molecule has 0 aliphatic rings. The molecular weight excluding hydrogens is 240 g/mol. The Bertz CT molecular complexity index is 229. The molecule has 0 saturated carbocycles. The first kappa shape index (κ1) is 19.2. The molecule has 18 heavy (non-hydrogen) atoms. The number of rotatable bonds is 6. The highest BCUT2D eigenvalue weighted by molar-refractivity contribution is 5.73. The van der Waals surface area contributed by atoms with Crippen molar-refractivity contribution < 1.29 is 28.5 Å². The maximum atomic E-state index is 10.4. The average Bonchev–Trinajstić information content (AvgIpc) is 2.36. The van der Waals surface area contributed by atoms with Crippen molar-refractivity contribution in [3.05, 3.63) is 0 Å². The summed E-state index contributed by atoms with van der Waals surface area (Å²) in [7, 11) is 4.43. The molecule has 0 aromatic rings. The Balaban J connectivity index is 0. The van der Waals surface area contributed by atoms with Gasteiger partial charge in [0.05, 0.1) is 19.8 Å². The van der Waals surface area contributed by atoms with Gasteiger partial charge < -0.3 is 18.9 Å². The lowest BCUT2D eigenvalue weighted by atomic mass is 10.3. The van der Waals surface area contributed by atoms with Gasteiger partial charge in [0.15, 0.2) is 6.10 Å². The first-order valence-corrected chi connectivity index (χ1v) is 5.65. The smallest absolute Gasteiger partial charge is 0.334 e. The minimum absolute atomic E-state index is 0.166. The molecule has 108 valence electrons. The highest BCUT2D eigenvalue weighted by Crippen LogP contribution is 1.94. The summed E-state index contributed by atoms with van der Waals surface area (Å²) in [6.07, 6.45) is 0.482. The Kier molecular flexibility index (Phi) is 13.1. The quantitative estimate of drug-likeness (QED) is 0.671. The maximum absolute atomic E-state index is 10.4. The Morgan fingerprint density at radius 2 is 1.61 bits per heavy atom. The zero-order chi connectivity index (χ0) is 14.6. The third-order valence-corrected chi connectivity index (χ3v) is 2.12. The van der Waals surface area contributed by atoms with E-state index in [0.717, 1.165) is 6.42 Å². The van der Waals surface area contributed by atoms with Crippen LogP contribution in [0.2, 0.25) is 0 Å². The summed E-state index contributed by atoms with van der Waals surface area (Å²) >= 11 is 0. The van der Waals surface area contributed by atoms with Gasteiger partial charge in [-0.05, 0) is 13.8 Å². The lowest BCUT2D eigenvalue weighted by Crippen LogP contribution is -2.19. The predicted octanol–water partition coefficient (Wildman–Crippen LogP) is 1.17. The molecule has 0 radical (unpaired) electrons. The molecule has 0 fully saturated rings. The first-order chi connectivity index (χ1) is 8.38. The second-order valence-corrected chi connectivity index (χ2v) is 3.58. The monoisotopic (exact) mass is 264 g/mol. The number of methoxy groups -OCH3 is 3. The summed E-state index contributed by atoms with van der Waals surface area (Å²) in [5.41, 5.74) is 0. The van der Waals surface area contributed by atoms with E-state index in [1.807, 2.05) is 6.92 Å². The predicted molar refractivity (Wildman–Crippen MR) is 66.2 cm³/mol. The molecule has 0 saturated heterocycles. The highest BCUT2D eigenvalue weighted by Gasteiger charge is 2.09. The van der Waals surface area contributed by atoms with Crippen LogP contribution in [-0.2, 0) is 28.5 Å². The lowest BCUT2D eigenvalue weighted by Gasteiger charge is -2.07. The van der Waals surface area contributed by atoms with Crippen LogP contribution in [-0.4, -0.2) is 52.1 Å². The third-order valence-electron chi connectivity index (χ3n) is 2.12. The van der Waals surface area contributed by atoms with Gasteiger partial charge in [0, 0.05) is 27.6 Å². The minimum atomic E-state index is -0.444. The Labute approximate surface area is 109 Å². The second-order valence-electron chi connectivity index (χ2n) is 3.58. The summed E-state index contributed by atoms with van der Waals surface area (Å²) in [6.45, 7) is 5.41. The highest BCUT2D eigenvalue weighted by atomic mass is 16.6. The number of hydrogen-bond acceptors (Lipinski definition) is 6. The average molecular weight is 264 g/mol. The van der Waals surface area contributed by atoms with E-state index >= 15 is 0 Å². The molecule has 0 aromatic heterocycles. The van der Waals surface area contributed by atoms with E-state index < -0.39 is 6.10 Å². The molecule has 0 heterocycles. The van der Waals surface area contributed by atoms with Gasteiger partial charge in [-0.25, -0.2) is 4.79 Å². The molecule has 6 nitrogen and oxygen atoms in total. The summed E-state index contributed by atoms with van der Waals surface area (Å²) in [4.78, 5) is 20.6. The molecule has 0 aliphatic heterocycles. The van der Waals surface area contributed by atoms with E-state index in [1.54, 1.807) is 14.0 Å². The van der Waals surface area contributed by atoms with Crippen LogP contribution >= 0.6 is 0 Å². The van der Waals surface area contributed by atoms with Crippen molar-refractivity contribution in [2.75, 3.05) is 27.9 Å². The molecular formula is C12H24O6. The number of carbonyl (C=O) groups is 2. The van der Waals surface area contributed by atoms with Crippen LogP contribution in [0.4, 0.5) is 0 Å². The Morgan fingerprint density at radius 1 is 1.06 bits per heavy atom. The molecule has 0 amide bonds. The van der Waals surface area contributed by atoms with Crippen molar-refractivity contribution in [2.45, 2.75) is 39.4 Å². The van der Waals surface area contributed by atoms with Crippen LogP contribution in [0.15, 0.2) is 0 Å². The van der Waals surface area contributed by atoms with Crippen molar-refractivity contribution in [1.29, 1.82) is 0 Å². The van der Waals surface area contributed by atoms with Gasteiger partial charge in [-0.1, -0.05) is 0 Å². The van der Waals surface area contributed by atoms with Gasteiger partial charge in [0.25, 0.3) is 0 Å². The molecule has 0 bridgehead atoms. The zero-order valence-corrected chi connectivity index (χ0v) is 12.0. The summed E-state index contributed by atoms with van der Waals surface area (Å²) in [6, 6.07) is 0.